The largest absolute Gasteiger partial charge is 0.357 e. The number of benzene rings is 2. The van der Waals surface area contributed by atoms with E-state index in [9.17, 15) is 4.79 Å². The predicted octanol–water partition coefficient (Wildman–Crippen LogP) is 2.87. The van der Waals surface area contributed by atoms with E-state index in [4.69, 9.17) is 0 Å². The molecule has 134 valence electrons. The third-order valence-electron chi connectivity index (χ3n) is 4.66. The lowest BCUT2D eigenvalue weighted by molar-refractivity contribution is -0.109. The minimum Gasteiger partial charge on any atom is -0.357 e. The van der Waals surface area contributed by atoms with Gasteiger partial charge in [-0.05, 0) is 29.7 Å². The van der Waals surface area contributed by atoms with Crippen LogP contribution in [-0.4, -0.2) is 38.0 Å². The van der Waals surface area contributed by atoms with E-state index >= 15 is 0 Å². The summed E-state index contributed by atoms with van der Waals surface area (Å²) in [4.78, 5) is 12.3. The molecule has 0 saturated carbocycles. The highest BCUT2D eigenvalue weighted by molar-refractivity contribution is 5.89. The number of rotatable bonds is 8. The van der Waals surface area contributed by atoms with Crippen molar-refractivity contribution < 1.29 is 4.79 Å². The zero-order chi connectivity index (χ0) is 18.4. The number of hydrogen-bond donors (Lipinski definition) is 2. The van der Waals surface area contributed by atoms with Gasteiger partial charge in [0.15, 0.2) is 0 Å². The Labute approximate surface area is 155 Å². The second-order valence-electron chi connectivity index (χ2n) is 6.41. The molecule has 1 aliphatic rings. The molecule has 0 spiro atoms. The highest BCUT2D eigenvalue weighted by atomic mass is 16.1. The van der Waals surface area contributed by atoms with Gasteiger partial charge in [-0.15, -0.1) is 0 Å². The van der Waals surface area contributed by atoms with Gasteiger partial charge < -0.3 is 15.5 Å². The molecule has 0 unspecified atom stereocenters. The van der Waals surface area contributed by atoms with Gasteiger partial charge in [-0.1, -0.05) is 55.1 Å². The zero-order valence-corrected chi connectivity index (χ0v) is 15.2. The van der Waals surface area contributed by atoms with E-state index < -0.39 is 0 Å². The van der Waals surface area contributed by atoms with Crippen LogP contribution in [0.15, 0.2) is 61.3 Å². The Hall–Kier alpha value is -2.85. The quantitative estimate of drug-likeness (QED) is 0.570. The van der Waals surface area contributed by atoms with Crippen LogP contribution < -0.4 is 10.6 Å². The lowest BCUT2D eigenvalue weighted by Gasteiger charge is -2.28. The van der Waals surface area contributed by atoms with Gasteiger partial charge in [0.25, 0.3) is 0 Å². The van der Waals surface area contributed by atoms with Gasteiger partial charge in [-0.2, -0.15) is 0 Å². The first-order valence-corrected chi connectivity index (χ1v) is 8.91. The molecule has 3 rings (SSSR count). The summed E-state index contributed by atoms with van der Waals surface area (Å²) in [6.07, 6.45) is 3.85. The molecule has 1 amide bonds. The van der Waals surface area contributed by atoms with E-state index in [0.29, 0.717) is 6.54 Å². The Balaban J connectivity index is 1.68. The van der Waals surface area contributed by atoms with Crippen LogP contribution in [0.25, 0.3) is 11.3 Å². The van der Waals surface area contributed by atoms with Gasteiger partial charge in [-0.3, -0.25) is 4.79 Å². The van der Waals surface area contributed by atoms with Crippen molar-refractivity contribution in [3.63, 3.8) is 0 Å². The standard InChI is InChI=1S/C22H25N3O/c1-17-20-5-3-4-6-21(20)22(15-25(17)2)19-9-7-18(8-10-19)11-12-23-13-14-24-16-26/h3-10,15-16,23H,1,11-14H2,2H3,(H,24,26). The van der Waals surface area contributed by atoms with Gasteiger partial charge in [0.05, 0.1) is 0 Å². The van der Waals surface area contributed by atoms with Crippen molar-refractivity contribution in [1.82, 2.24) is 15.5 Å². The van der Waals surface area contributed by atoms with Crippen molar-refractivity contribution in [3.05, 3.63) is 83.6 Å². The van der Waals surface area contributed by atoms with Gasteiger partial charge >= 0.3 is 0 Å². The number of fused-ring (bicyclic) bond motifs is 1. The van der Waals surface area contributed by atoms with Gasteiger partial charge in [0, 0.05) is 43.2 Å². The van der Waals surface area contributed by atoms with Crippen molar-refractivity contribution in [2.24, 2.45) is 0 Å². The summed E-state index contributed by atoms with van der Waals surface area (Å²) >= 11 is 0. The van der Waals surface area contributed by atoms with Crippen molar-refractivity contribution in [2.45, 2.75) is 6.42 Å². The summed E-state index contributed by atoms with van der Waals surface area (Å²) in [6.45, 7) is 6.54. The number of nitrogens with one attached hydrogen (secondary N) is 2. The van der Waals surface area contributed by atoms with Crippen molar-refractivity contribution in [3.8, 4) is 0 Å². The van der Waals surface area contributed by atoms with Crippen molar-refractivity contribution >= 4 is 17.7 Å². The second-order valence-corrected chi connectivity index (χ2v) is 6.41. The minimum absolute atomic E-state index is 0.662. The summed E-state index contributed by atoms with van der Waals surface area (Å²) in [7, 11) is 2.04. The number of nitrogens with zero attached hydrogens (tertiary/aromatic N) is 1. The maximum atomic E-state index is 10.2. The van der Waals surface area contributed by atoms with E-state index in [0.717, 1.165) is 31.6 Å². The predicted molar refractivity (Wildman–Crippen MR) is 107 cm³/mol. The molecule has 1 heterocycles. The molecular weight excluding hydrogens is 322 g/mol. The molecule has 0 radical (unpaired) electrons. The first-order chi connectivity index (χ1) is 12.7. The van der Waals surface area contributed by atoms with E-state index in [2.05, 4.69) is 76.8 Å². The summed E-state index contributed by atoms with van der Waals surface area (Å²) in [5.41, 5.74) is 7.17. The molecular formula is C22H25N3O. The van der Waals surface area contributed by atoms with Crippen LogP contribution in [0.5, 0.6) is 0 Å². The maximum absolute atomic E-state index is 10.2. The normalized spacial score (nSPS) is 13.2. The van der Waals surface area contributed by atoms with Crippen LogP contribution in [-0.2, 0) is 11.2 Å². The van der Waals surface area contributed by atoms with Gasteiger partial charge in [-0.25, -0.2) is 0 Å². The monoisotopic (exact) mass is 347 g/mol. The molecule has 4 heteroatoms. The molecule has 0 fully saturated rings. The molecule has 2 aromatic carbocycles. The molecule has 2 aromatic rings. The molecule has 0 saturated heterocycles. The minimum atomic E-state index is 0.662. The topological polar surface area (TPSA) is 44.4 Å². The summed E-state index contributed by atoms with van der Waals surface area (Å²) < 4.78 is 0. The van der Waals surface area contributed by atoms with E-state index in [-0.39, 0.29) is 0 Å². The van der Waals surface area contributed by atoms with Crippen LogP contribution in [0.4, 0.5) is 0 Å². The highest BCUT2D eigenvalue weighted by Crippen LogP contribution is 2.35. The molecule has 4 nitrogen and oxygen atoms in total. The van der Waals surface area contributed by atoms with Crippen LogP contribution in [0.1, 0.15) is 22.3 Å². The smallest absolute Gasteiger partial charge is 0.207 e. The fourth-order valence-corrected chi connectivity index (χ4v) is 3.16. The Morgan fingerprint density at radius 1 is 1.00 bits per heavy atom. The van der Waals surface area contributed by atoms with Crippen molar-refractivity contribution in [2.75, 3.05) is 26.7 Å². The fourth-order valence-electron chi connectivity index (χ4n) is 3.16. The van der Waals surface area contributed by atoms with Crippen LogP contribution >= 0.6 is 0 Å². The zero-order valence-electron chi connectivity index (χ0n) is 15.2. The molecule has 0 bridgehead atoms. The molecule has 0 aromatic heterocycles. The van der Waals surface area contributed by atoms with Crippen LogP contribution in [0.3, 0.4) is 0 Å². The second kappa shape index (κ2) is 8.50. The Morgan fingerprint density at radius 3 is 2.46 bits per heavy atom. The molecule has 26 heavy (non-hydrogen) atoms. The Bertz CT molecular complexity index is 808. The summed E-state index contributed by atoms with van der Waals surface area (Å²) in [6, 6.07) is 17.2. The van der Waals surface area contributed by atoms with Gasteiger partial charge in [0.2, 0.25) is 6.41 Å². The van der Waals surface area contributed by atoms with E-state index in [1.165, 1.54) is 27.8 Å². The van der Waals surface area contributed by atoms with E-state index in [1.807, 2.05) is 7.05 Å². The number of hydrogen-bond acceptors (Lipinski definition) is 3. The first-order valence-electron chi connectivity index (χ1n) is 8.91. The molecule has 2 N–H and O–H groups in total. The van der Waals surface area contributed by atoms with Crippen molar-refractivity contribution in [1.29, 1.82) is 0 Å². The summed E-state index contributed by atoms with van der Waals surface area (Å²) in [5, 5.41) is 5.97. The SMILES string of the molecule is C=C1c2ccccc2C(c2ccc(CCNCCNC=O)cc2)=CN1C. The molecule has 0 atom stereocenters. The Kier molecular flexibility index (Phi) is 5.87. The molecule has 1 aliphatic heterocycles. The van der Waals surface area contributed by atoms with E-state index in [1.54, 1.807) is 0 Å². The maximum Gasteiger partial charge on any atom is 0.207 e. The van der Waals surface area contributed by atoms with Crippen LogP contribution in [0, 0.1) is 0 Å². The first kappa shape index (κ1) is 18.0. The highest BCUT2D eigenvalue weighted by Gasteiger charge is 2.19. The average molecular weight is 347 g/mol. The lowest BCUT2D eigenvalue weighted by atomic mass is 9.90. The number of carbonyl (C=O) groups excluding carboxylic acids is 1. The third kappa shape index (κ3) is 4.03. The Morgan fingerprint density at radius 2 is 1.73 bits per heavy atom. The summed E-state index contributed by atoms with van der Waals surface area (Å²) in [5.74, 6) is 0. The molecule has 0 aliphatic carbocycles. The lowest BCUT2D eigenvalue weighted by Crippen LogP contribution is -2.27. The number of amides is 1. The average Bonchev–Trinajstić information content (AvgIpc) is 2.68. The van der Waals surface area contributed by atoms with Gasteiger partial charge in [0.1, 0.15) is 0 Å². The number of carbonyl (C=O) groups is 1. The van der Waals surface area contributed by atoms with Crippen LogP contribution in [0.2, 0.25) is 0 Å². The fraction of sp³-hybridized carbons (Fsp3) is 0.227. The third-order valence-corrected chi connectivity index (χ3v) is 4.66.